The smallest absolute Gasteiger partial charge is 0.203 e. The SMILES string of the molecule is COc1ccc(C2CCCCN2)c(OC(C)C)c1OC. The highest BCUT2D eigenvalue weighted by atomic mass is 16.5. The van der Waals surface area contributed by atoms with E-state index in [1.165, 1.54) is 12.8 Å². The van der Waals surface area contributed by atoms with Crippen molar-refractivity contribution in [2.45, 2.75) is 45.3 Å². The molecule has 1 fully saturated rings. The van der Waals surface area contributed by atoms with Crippen molar-refractivity contribution in [3.8, 4) is 17.2 Å². The molecule has 1 atom stereocenters. The maximum Gasteiger partial charge on any atom is 0.203 e. The molecule has 4 heteroatoms. The second-order valence-corrected chi connectivity index (χ2v) is 5.39. The van der Waals surface area contributed by atoms with Gasteiger partial charge in [-0.2, -0.15) is 0 Å². The predicted octanol–water partition coefficient (Wildman–Crippen LogP) is 3.31. The fourth-order valence-corrected chi connectivity index (χ4v) is 2.66. The molecule has 0 bridgehead atoms. The summed E-state index contributed by atoms with van der Waals surface area (Å²) in [6, 6.07) is 4.37. The highest BCUT2D eigenvalue weighted by Gasteiger charge is 2.24. The molecule has 20 heavy (non-hydrogen) atoms. The molecule has 0 aromatic heterocycles. The Morgan fingerprint density at radius 3 is 2.45 bits per heavy atom. The lowest BCUT2D eigenvalue weighted by Crippen LogP contribution is -2.27. The Labute approximate surface area is 121 Å². The summed E-state index contributed by atoms with van der Waals surface area (Å²) in [6.07, 6.45) is 3.71. The first kappa shape index (κ1) is 15.0. The summed E-state index contributed by atoms with van der Waals surface area (Å²) in [5.41, 5.74) is 1.16. The number of methoxy groups -OCH3 is 2. The van der Waals surface area contributed by atoms with E-state index in [2.05, 4.69) is 11.4 Å². The van der Waals surface area contributed by atoms with Gasteiger partial charge in [-0.05, 0) is 45.4 Å². The first-order valence-electron chi connectivity index (χ1n) is 7.32. The highest BCUT2D eigenvalue weighted by Crippen LogP contribution is 2.44. The van der Waals surface area contributed by atoms with Gasteiger partial charge in [-0.1, -0.05) is 6.42 Å². The van der Waals surface area contributed by atoms with Gasteiger partial charge in [0, 0.05) is 11.6 Å². The minimum Gasteiger partial charge on any atom is -0.493 e. The third-order valence-corrected chi connectivity index (χ3v) is 3.57. The molecule has 1 heterocycles. The van der Waals surface area contributed by atoms with Gasteiger partial charge in [0.1, 0.15) is 0 Å². The maximum atomic E-state index is 6.02. The van der Waals surface area contributed by atoms with Gasteiger partial charge < -0.3 is 19.5 Å². The number of nitrogens with one attached hydrogen (secondary N) is 1. The van der Waals surface area contributed by atoms with E-state index in [0.29, 0.717) is 17.5 Å². The normalized spacial score (nSPS) is 18.9. The van der Waals surface area contributed by atoms with Crippen molar-refractivity contribution in [3.63, 3.8) is 0 Å². The predicted molar refractivity (Wildman–Crippen MR) is 79.9 cm³/mol. The number of ether oxygens (including phenoxy) is 3. The largest absolute Gasteiger partial charge is 0.493 e. The molecule has 4 nitrogen and oxygen atoms in total. The van der Waals surface area contributed by atoms with Crippen LogP contribution in [0.4, 0.5) is 0 Å². The molecule has 112 valence electrons. The van der Waals surface area contributed by atoms with E-state index in [9.17, 15) is 0 Å². The van der Waals surface area contributed by atoms with Crippen LogP contribution in [-0.2, 0) is 0 Å². The summed E-state index contributed by atoms with van der Waals surface area (Å²) in [5.74, 6) is 2.20. The van der Waals surface area contributed by atoms with E-state index in [1.54, 1.807) is 14.2 Å². The molecule has 1 unspecified atom stereocenters. The molecule has 0 aliphatic carbocycles. The maximum absolute atomic E-state index is 6.02. The van der Waals surface area contributed by atoms with Gasteiger partial charge in [0.2, 0.25) is 5.75 Å². The van der Waals surface area contributed by atoms with Crippen molar-refractivity contribution in [1.82, 2.24) is 5.32 Å². The summed E-state index contributed by atoms with van der Waals surface area (Å²) in [5, 5.41) is 3.56. The quantitative estimate of drug-likeness (QED) is 0.897. The van der Waals surface area contributed by atoms with Crippen LogP contribution < -0.4 is 19.5 Å². The van der Waals surface area contributed by atoms with Crippen molar-refractivity contribution in [1.29, 1.82) is 0 Å². The lowest BCUT2D eigenvalue weighted by atomic mass is 9.96. The molecule has 1 aromatic carbocycles. The monoisotopic (exact) mass is 279 g/mol. The Hall–Kier alpha value is -1.42. The van der Waals surface area contributed by atoms with Crippen molar-refractivity contribution in [2.75, 3.05) is 20.8 Å². The summed E-state index contributed by atoms with van der Waals surface area (Å²) >= 11 is 0. The van der Waals surface area contributed by atoms with Crippen molar-refractivity contribution in [3.05, 3.63) is 17.7 Å². The van der Waals surface area contributed by atoms with E-state index in [1.807, 2.05) is 19.9 Å². The van der Waals surface area contributed by atoms with Crippen LogP contribution in [0.5, 0.6) is 17.2 Å². The molecule has 2 rings (SSSR count). The molecule has 1 aromatic rings. The van der Waals surface area contributed by atoms with E-state index < -0.39 is 0 Å². The molecule has 1 aliphatic heterocycles. The molecule has 1 saturated heterocycles. The number of rotatable bonds is 5. The van der Waals surface area contributed by atoms with E-state index >= 15 is 0 Å². The average Bonchev–Trinajstić information content (AvgIpc) is 2.47. The zero-order valence-electron chi connectivity index (χ0n) is 12.9. The average molecular weight is 279 g/mol. The first-order chi connectivity index (χ1) is 9.67. The van der Waals surface area contributed by atoms with Crippen LogP contribution in [0, 0.1) is 0 Å². The molecular formula is C16H25NO3. The third-order valence-electron chi connectivity index (χ3n) is 3.57. The lowest BCUT2D eigenvalue weighted by molar-refractivity contribution is 0.220. The first-order valence-corrected chi connectivity index (χ1v) is 7.32. The van der Waals surface area contributed by atoms with Crippen LogP contribution in [-0.4, -0.2) is 26.9 Å². The zero-order valence-corrected chi connectivity index (χ0v) is 12.9. The Morgan fingerprint density at radius 2 is 1.90 bits per heavy atom. The highest BCUT2D eigenvalue weighted by molar-refractivity contribution is 5.56. The van der Waals surface area contributed by atoms with E-state index in [-0.39, 0.29) is 6.10 Å². The van der Waals surface area contributed by atoms with Crippen LogP contribution in [0.15, 0.2) is 12.1 Å². The minimum atomic E-state index is 0.0957. The Bertz CT molecular complexity index is 440. The van der Waals surface area contributed by atoms with E-state index in [0.717, 1.165) is 24.3 Å². The van der Waals surface area contributed by atoms with Crippen LogP contribution in [0.3, 0.4) is 0 Å². The summed E-state index contributed by atoms with van der Waals surface area (Å²) < 4.78 is 16.9. The van der Waals surface area contributed by atoms with Gasteiger partial charge in [-0.25, -0.2) is 0 Å². The fourth-order valence-electron chi connectivity index (χ4n) is 2.66. The van der Waals surface area contributed by atoms with Crippen molar-refractivity contribution < 1.29 is 14.2 Å². The molecule has 1 N–H and O–H groups in total. The van der Waals surface area contributed by atoms with Crippen LogP contribution >= 0.6 is 0 Å². The second kappa shape index (κ2) is 6.84. The number of piperidine rings is 1. The molecule has 1 aliphatic rings. The molecule has 0 radical (unpaired) electrons. The van der Waals surface area contributed by atoms with Gasteiger partial charge in [0.15, 0.2) is 11.5 Å². The van der Waals surface area contributed by atoms with Crippen molar-refractivity contribution in [2.24, 2.45) is 0 Å². The fraction of sp³-hybridized carbons (Fsp3) is 0.625. The summed E-state index contributed by atoms with van der Waals surface area (Å²) in [7, 11) is 3.30. The standard InChI is InChI=1S/C16H25NO3/c1-11(2)20-15-12(13-7-5-6-10-17-13)8-9-14(18-3)16(15)19-4/h8-9,11,13,17H,5-7,10H2,1-4H3. The summed E-state index contributed by atoms with van der Waals surface area (Å²) in [6.45, 7) is 5.11. The lowest BCUT2D eigenvalue weighted by Gasteiger charge is -2.27. The molecular weight excluding hydrogens is 254 g/mol. The second-order valence-electron chi connectivity index (χ2n) is 5.39. The van der Waals surface area contributed by atoms with E-state index in [4.69, 9.17) is 14.2 Å². The minimum absolute atomic E-state index is 0.0957. The Kier molecular flexibility index (Phi) is 5.12. The van der Waals surface area contributed by atoms with Gasteiger partial charge in [-0.15, -0.1) is 0 Å². The number of benzene rings is 1. The topological polar surface area (TPSA) is 39.7 Å². The Morgan fingerprint density at radius 1 is 1.10 bits per heavy atom. The zero-order chi connectivity index (χ0) is 14.5. The molecule has 0 amide bonds. The Balaban J connectivity index is 2.43. The van der Waals surface area contributed by atoms with Gasteiger partial charge in [0.05, 0.1) is 20.3 Å². The van der Waals surface area contributed by atoms with Crippen LogP contribution in [0.25, 0.3) is 0 Å². The van der Waals surface area contributed by atoms with Gasteiger partial charge in [-0.3, -0.25) is 0 Å². The van der Waals surface area contributed by atoms with Gasteiger partial charge in [0.25, 0.3) is 0 Å². The molecule has 0 saturated carbocycles. The van der Waals surface area contributed by atoms with Crippen LogP contribution in [0.2, 0.25) is 0 Å². The molecule has 0 spiro atoms. The number of hydrogen-bond donors (Lipinski definition) is 1. The van der Waals surface area contributed by atoms with Crippen molar-refractivity contribution >= 4 is 0 Å². The third kappa shape index (κ3) is 3.18. The summed E-state index contributed by atoms with van der Waals surface area (Å²) in [4.78, 5) is 0. The number of hydrogen-bond acceptors (Lipinski definition) is 4. The van der Waals surface area contributed by atoms with Crippen LogP contribution in [0.1, 0.15) is 44.7 Å². The van der Waals surface area contributed by atoms with Gasteiger partial charge >= 0.3 is 0 Å².